The first-order chi connectivity index (χ1) is 18.1. The Morgan fingerprint density at radius 1 is 1.11 bits per heavy atom. The number of carbonyl (C=O) groups excluding carboxylic acids is 1. The molecule has 5 rings (SSSR count). The molecular weight excluding hydrogens is 480 g/mol. The van der Waals surface area contributed by atoms with Gasteiger partial charge in [0, 0.05) is 36.5 Å². The van der Waals surface area contributed by atoms with E-state index in [-0.39, 0.29) is 5.92 Å². The molecule has 1 aromatic heterocycles. The molecule has 0 amide bonds. The molecule has 0 N–H and O–H groups in total. The number of nitriles is 1. The Labute approximate surface area is 223 Å². The maximum absolute atomic E-state index is 11.1. The lowest BCUT2D eigenvalue weighted by Gasteiger charge is -2.29. The van der Waals surface area contributed by atoms with Crippen molar-refractivity contribution in [1.82, 2.24) is 9.88 Å². The number of rotatable bonds is 8. The van der Waals surface area contributed by atoms with Crippen LogP contribution in [0.4, 0.5) is 5.13 Å². The standard InChI is InChI=1S/C30H34N4O2S/c1-22-15-25(18-33-11-3-2-4-12-33)5-7-26(22)20-36-29-8-6-24(17-31)16-27(29)28-21-37-30(32-28)34-13-9-23(19-35)10-14-34/h5-8,15-16,19,21,23H,2-4,9-14,18,20H2,1H3. The van der Waals surface area contributed by atoms with Crippen molar-refractivity contribution in [2.24, 2.45) is 5.92 Å². The number of aromatic nitrogens is 1. The van der Waals surface area contributed by atoms with Crippen LogP contribution in [0.3, 0.4) is 0 Å². The average molecular weight is 515 g/mol. The van der Waals surface area contributed by atoms with Crippen molar-refractivity contribution in [3.8, 4) is 23.1 Å². The smallest absolute Gasteiger partial charge is 0.185 e. The van der Waals surface area contributed by atoms with Crippen molar-refractivity contribution < 1.29 is 9.53 Å². The van der Waals surface area contributed by atoms with E-state index in [9.17, 15) is 10.1 Å². The molecule has 0 bridgehead atoms. The second-order valence-electron chi connectivity index (χ2n) is 10.2. The van der Waals surface area contributed by atoms with Crippen LogP contribution in [0.2, 0.25) is 0 Å². The summed E-state index contributed by atoms with van der Waals surface area (Å²) in [4.78, 5) is 20.8. The molecule has 3 aromatic rings. The van der Waals surface area contributed by atoms with Crippen molar-refractivity contribution >= 4 is 22.8 Å². The lowest BCUT2D eigenvalue weighted by Crippen LogP contribution is -2.33. The summed E-state index contributed by atoms with van der Waals surface area (Å²) in [5, 5.41) is 12.5. The summed E-state index contributed by atoms with van der Waals surface area (Å²) in [6.07, 6.45) is 6.77. The van der Waals surface area contributed by atoms with E-state index >= 15 is 0 Å². The molecule has 0 atom stereocenters. The maximum Gasteiger partial charge on any atom is 0.185 e. The lowest BCUT2D eigenvalue weighted by atomic mass is 9.99. The fraction of sp³-hybridized carbons (Fsp3) is 0.433. The van der Waals surface area contributed by atoms with Crippen LogP contribution in [0.1, 0.15) is 54.4 Å². The zero-order valence-corrected chi connectivity index (χ0v) is 22.3. The van der Waals surface area contributed by atoms with Crippen LogP contribution in [0.5, 0.6) is 5.75 Å². The van der Waals surface area contributed by atoms with Gasteiger partial charge in [-0.3, -0.25) is 4.90 Å². The van der Waals surface area contributed by atoms with Crippen molar-refractivity contribution in [3.63, 3.8) is 0 Å². The van der Waals surface area contributed by atoms with Gasteiger partial charge in [0.15, 0.2) is 5.13 Å². The molecule has 2 saturated heterocycles. The van der Waals surface area contributed by atoms with Crippen molar-refractivity contribution in [2.75, 3.05) is 31.1 Å². The van der Waals surface area contributed by atoms with Crippen molar-refractivity contribution in [2.45, 2.75) is 52.2 Å². The number of aryl methyl sites for hydroxylation is 1. The third kappa shape index (κ3) is 6.20. The Morgan fingerprint density at radius 3 is 2.65 bits per heavy atom. The number of anilines is 1. The number of benzene rings is 2. The van der Waals surface area contributed by atoms with Gasteiger partial charge in [0.1, 0.15) is 18.6 Å². The van der Waals surface area contributed by atoms with E-state index in [1.807, 2.05) is 17.5 Å². The number of carbonyl (C=O) groups is 1. The summed E-state index contributed by atoms with van der Waals surface area (Å²) in [7, 11) is 0. The third-order valence-electron chi connectivity index (χ3n) is 7.52. The Balaban J connectivity index is 1.29. The second-order valence-corrected chi connectivity index (χ2v) is 11.0. The Hall–Kier alpha value is -3.21. The number of ether oxygens (including phenoxy) is 1. The first kappa shape index (κ1) is 25.4. The fourth-order valence-corrected chi connectivity index (χ4v) is 6.11. The molecule has 2 aromatic carbocycles. The first-order valence-corrected chi connectivity index (χ1v) is 14.1. The maximum atomic E-state index is 11.1. The highest BCUT2D eigenvalue weighted by Gasteiger charge is 2.22. The van der Waals surface area contributed by atoms with E-state index in [2.05, 4.69) is 41.0 Å². The van der Waals surface area contributed by atoms with Gasteiger partial charge in [-0.15, -0.1) is 11.3 Å². The molecule has 37 heavy (non-hydrogen) atoms. The fourth-order valence-electron chi connectivity index (χ4n) is 5.24. The van der Waals surface area contributed by atoms with Gasteiger partial charge in [-0.25, -0.2) is 4.98 Å². The van der Waals surface area contributed by atoms with Gasteiger partial charge in [0.05, 0.1) is 17.3 Å². The van der Waals surface area contributed by atoms with Crippen molar-refractivity contribution in [1.29, 1.82) is 5.26 Å². The monoisotopic (exact) mass is 514 g/mol. The minimum atomic E-state index is 0.158. The summed E-state index contributed by atoms with van der Waals surface area (Å²) in [5.41, 5.74) is 5.99. The van der Waals surface area contributed by atoms with Gasteiger partial charge in [0.2, 0.25) is 0 Å². The average Bonchev–Trinajstić information content (AvgIpc) is 3.43. The second kappa shape index (κ2) is 11.9. The summed E-state index contributed by atoms with van der Waals surface area (Å²) in [6.45, 7) is 7.70. The van der Waals surface area contributed by atoms with Crippen molar-refractivity contribution in [3.05, 3.63) is 64.0 Å². The molecular formula is C30H34N4O2S. The Bertz CT molecular complexity index is 1270. The van der Waals surface area contributed by atoms with Crippen LogP contribution < -0.4 is 9.64 Å². The number of aldehydes is 1. The normalized spacial score (nSPS) is 16.9. The summed E-state index contributed by atoms with van der Waals surface area (Å²) in [5.74, 6) is 0.887. The molecule has 2 fully saturated rings. The number of thiazole rings is 1. The predicted molar refractivity (Wildman–Crippen MR) is 148 cm³/mol. The molecule has 7 heteroatoms. The zero-order chi connectivity index (χ0) is 25.6. The number of hydrogen-bond acceptors (Lipinski definition) is 7. The molecule has 0 unspecified atom stereocenters. The molecule has 0 aliphatic carbocycles. The summed E-state index contributed by atoms with van der Waals surface area (Å²) >= 11 is 1.60. The van der Waals surface area contributed by atoms with Gasteiger partial charge in [-0.1, -0.05) is 24.6 Å². The molecule has 0 saturated carbocycles. The van der Waals surface area contributed by atoms with Gasteiger partial charge < -0.3 is 14.4 Å². The van der Waals surface area contributed by atoms with E-state index in [1.54, 1.807) is 17.4 Å². The number of piperidine rings is 2. The molecule has 6 nitrogen and oxygen atoms in total. The molecule has 0 spiro atoms. The van der Waals surface area contributed by atoms with Gasteiger partial charge in [-0.2, -0.15) is 5.26 Å². The SMILES string of the molecule is Cc1cc(CN2CCCCC2)ccc1COc1ccc(C#N)cc1-c1csc(N2CCC(C=O)CC2)n1. The van der Waals surface area contributed by atoms with Crippen LogP contribution in [0.15, 0.2) is 41.8 Å². The molecule has 3 heterocycles. The molecule has 0 radical (unpaired) electrons. The van der Waals surface area contributed by atoms with E-state index in [0.717, 1.165) is 66.5 Å². The van der Waals surface area contributed by atoms with Gasteiger partial charge in [-0.05, 0) is 80.6 Å². The lowest BCUT2D eigenvalue weighted by molar-refractivity contribution is -0.111. The van der Waals surface area contributed by atoms with E-state index in [0.29, 0.717) is 12.2 Å². The summed E-state index contributed by atoms with van der Waals surface area (Å²) in [6, 6.07) is 14.5. The third-order valence-corrected chi connectivity index (χ3v) is 8.43. The van der Waals surface area contributed by atoms with E-state index in [1.165, 1.54) is 43.5 Å². The highest BCUT2D eigenvalue weighted by Crippen LogP contribution is 2.36. The zero-order valence-electron chi connectivity index (χ0n) is 21.5. The van der Waals surface area contributed by atoms with Gasteiger partial charge in [0.25, 0.3) is 0 Å². The number of hydrogen-bond donors (Lipinski definition) is 0. The van der Waals surface area contributed by atoms with Crippen LogP contribution in [-0.2, 0) is 17.9 Å². The predicted octanol–water partition coefficient (Wildman–Crippen LogP) is 5.97. The quantitative estimate of drug-likeness (QED) is 0.345. The Kier molecular flexibility index (Phi) is 8.18. The minimum Gasteiger partial charge on any atom is -0.488 e. The Morgan fingerprint density at radius 2 is 1.92 bits per heavy atom. The topological polar surface area (TPSA) is 69.5 Å². The molecule has 192 valence electrons. The number of nitrogens with zero attached hydrogens (tertiary/aromatic N) is 4. The minimum absolute atomic E-state index is 0.158. The highest BCUT2D eigenvalue weighted by molar-refractivity contribution is 7.14. The molecule has 2 aliphatic heterocycles. The van der Waals surface area contributed by atoms with Crippen LogP contribution in [-0.4, -0.2) is 42.3 Å². The van der Waals surface area contributed by atoms with Crippen LogP contribution >= 0.6 is 11.3 Å². The van der Waals surface area contributed by atoms with Crippen LogP contribution in [0.25, 0.3) is 11.3 Å². The van der Waals surface area contributed by atoms with E-state index < -0.39 is 0 Å². The highest BCUT2D eigenvalue weighted by atomic mass is 32.1. The summed E-state index contributed by atoms with van der Waals surface area (Å²) < 4.78 is 6.32. The first-order valence-electron chi connectivity index (χ1n) is 13.3. The number of likely N-dealkylation sites (tertiary alicyclic amines) is 1. The largest absolute Gasteiger partial charge is 0.488 e. The van der Waals surface area contributed by atoms with Gasteiger partial charge >= 0.3 is 0 Å². The molecule has 2 aliphatic rings. The van der Waals surface area contributed by atoms with Crippen LogP contribution in [0, 0.1) is 24.2 Å². The van der Waals surface area contributed by atoms with E-state index in [4.69, 9.17) is 9.72 Å².